The van der Waals surface area contributed by atoms with Gasteiger partial charge in [0.1, 0.15) is 28.4 Å². The van der Waals surface area contributed by atoms with Gasteiger partial charge in [0, 0.05) is 24.0 Å². The molecule has 2 aromatic heterocycles. The van der Waals surface area contributed by atoms with Gasteiger partial charge >= 0.3 is 12.4 Å². The van der Waals surface area contributed by atoms with E-state index in [0.717, 1.165) is 46.5 Å². The van der Waals surface area contributed by atoms with Gasteiger partial charge in [0.05, 0.1) is 11.1 Å². The lowest BCUT2D eigenvalue weighted by atomic mass is 9.99. The number of hydrogen-bond acceptors (Lipinski definition) is 8. The molecule has 2 atom stereocenters. The van der Waals surface area contributed by atoms with Crippen molar-refractivity contribution in [3.63, 3.8) is 0 Å². The SMILES string of the molecule is C.C.C[Si](C)(C)C#CCC(O)c1nnc(-c2ccccc2Cc2ccc(C(F)(F)F)cc2)o1.C[Si](C)(C)C#CCC(O)c1nnc(-c2ccccc2Cc2ccc(C(F)(F)F)cc2)o1. The third-order valence-corrected chi connectivity index (χ3v) is 10.7. The van der Waals surface area contributed by atoms with E-state index in [1.807, 2.05) is 36.4 Å². The third-order valence-electron chi connectivity index (χ3n) is 8.82. The molecule has 16 heteroatoms. The second kappa shape index (κ2) is 22.2. The maximum absolute atomic E-state index is 12.8. The number of aliphatic hydroxyl groups excluding tert-OH is 2. The van der Waals surface area contributed by atoms with Crippen molar-refractivity contribution < 1.29 is 45.4 Å². The Kier molecular flexibility index (Phi) is 18.2. The molecule has 0 saturated heterocycles. The number of alkyl halides is 6. The number of aromatic nitrogens is 4. The maximum Gasteiger partial charge on any atom is 0.416 e. The summed E-state index contributed by atoms with van der Waals surface area (Å²) in [7, 11) is -3.06. The monoisotopic (exact) mass is 920 g/mol. The molecule has 340 valence electrons. The molecule has 0 saturated carbocycles. The minimum atomic E-state index is -4.36. The molecule has 6 aromatic rings. The lowest BCUT2D eigenvalue weighted by molar-refractivity contribution is -0.138. The molecule has 64 heavy (non-hydrogen) atoms. The van der Waals surface area contributed by atoms with E-state index in [4.69, 9.17) is 8.83 Å². The van der Waals surface area contributed by atoms with Crippen molar-refractivity contribution >= 4 is 16.1 Å². The van der Waals surface area contributed by atoms with Crippen LogP contribution in [0, 0.1) is 22.9 Å². The van der Waals surface area contributed by atoms with E-state index in [-0.39, 0.29) is 51.3 Å². The normalized spacial score (nSPS) is 12.5. The summed E-state index contributed by atoms with van der Waals surface area (Å²) in [6, 6.07) is 24.7. The Labute approximate surface area is 373 Å². The van der Waals surface area contributed by atoms with Gasteiger partial charge in [0.15, 0.2) is 0 Å². The maximum atomic E-state index is 12.8. The number of rotatable bonds is 10. The van der Waals surface area contributed by atoms with Crippen LogP contribution in [0.5, 0.6) is 0 Å². The van der Waals surface area contributed by atoms with E-state index in [2.05, 4.69) is 82.6 Å². The standard InChI is InChI=1S/2C23H23F3N2O2Si.2CH4/c2*1-31(2,3)14-6-9-20(29)22-28-27-21(30-22)19-8-5-4-7-17(19)15-16-10-12-18(13-11-16)23(24,25)26;;/h2*4-5,7-8,10-13,20,29H,9,15H2,1-3H3;2*1H4. The first-order chi connectivity index (χ1) is 29.1. The quantitative estimate of drug-likeness (QED) is 0.0792. The predicted octanol–water partition coefficient (Wildman–Crippen LogP) is 12.6. The van der Waals surface area contributed by atoms with Gasteiger partial charge in [-0.1, -0.05) is 115 Å². The first-order valence-electron chi connectivity index (χ1n) is 19.6. The molecule has 2 N–H and O–H groups in total. The number of aliphatic hydroxyl groups is 2. The van der Waals surface area contributed by atoms with Gasteiger partial charge in [-0.3, -0.25) is 0 Å². The molecule has 0 aliphatic heterocycles. The van der Waals surface area contributed by atoms with Crippen molar-refractivity contribution in [3.8, 4) is 45.8 Å². The molecule has 0 aliphatic rings. The fourth-order valence-corrected chi connectivity index (χ4v) is 7.05. The average molecular weight is 921 g/mol. The third kappa shape index (κ3) is 15.8. The van der Waals surface area contributed by atoms with Gasteiger partial charge < -0.3 is 19.0 Å². The minimum Gasteiger partial charge on any atom is -0.418 e. The van der Waals surface area contributed by atoms with Gasteiger partial charge in [-0.15, -0.1) is 43.3 Å². The lowest BCUT2D eigenvalue weighted by Crippen LogP contribution is -2.16. The molecule has 2 unspecified atom stereocenters. The first-order valence-corrected chi connectivity index (χ1v) is 26.6. The average Bonchev–Trinajstić information content (AvgIpc) is 3.89. The van der Waals surface area contributed by atoms with Crippen LogP contribution in [0.4, 0.5) is 26.3 Å². The van der Waals surface area contributed by atoms with Crippen LogP contribution in [-0.4, -0.2) is 46.8 Å². The van der Waals surface area contributed by atoms with Crippen molar-refractivity contribution in [2.24, 2.45) is 0 Å². The number of hydrogen-bond donors (Lipinski definition) is 2. The smallest absolute Gasteiger partial charge is 0.416 e. The van der Waals surface area contributed by atoms with Crippen LogP contribution < -0.4 is 0 Å². The lowest BCUT2D eigenvalue weighted by Gasteiger charge is -2.09. The van der Waals surface area contributed by atoms with Crippen LogP contribution in [0.25, 0.3) is 22.9 Å². The van der Waals surface area contributed by atoms with Gasteiger partial charge in [-0.05, 0) is 71.5 Å². The van der Waals surface area contributed by atoms with Gasteiger partial charge in [0.2, 0.25) is 23.6 Å². The Morgan fingerprint density at radius 2 is 0.844 bits per heavy atom. The second-order valence-electron chi connectivity index (χ2n) is 16.5. The molecule has 0 aliphatic carbocycles. The van der Waals surface area contributed by atoms with E-state index in [9.17, 15) is 36.6 Å². The molecule has 0 radical (unpaired) electrons. The van der Waals surface area contributed by atoms with Crippen LogP contribution >= 0.6 is 0 Å². The highest BCUT2D eigenvalue weighted by molar-refractivity contribution is 6.84. The first kappa shape index (κ1) is 52.6. The van der Waals surface area contributed by atoms with Crippen molar-refractivity contribution in [2.75, 3.05) is 0 Å². The molecule has 0 bridgehead atoms. The highest BCUT2D eigenvalue weighted by Gasteiger charge is 2.31. The van der Waals surface area contributed by atoms with E-state index in [1.165, 1.54) is 24.3 Å². The summed E-state index contributed by atoms with van der Waals surface area (Å²) in [5.74, 6) is 6.64. The van der Waals surface area contributed by atoms with Crippen molar-refractivity contribution in [2.45, 2.75) is 104 Å². The van der Waals surface area contributed by atoms with Gasteiger partial charge in [0.25, 0.3) is 0 Å². The highest BCUT2D eigenvalue weighted by atomic mass is 28.3. The molecule has 6 rings (SSSR count). The Balaban J connectivity index is 0.000000330. The Morgan fingerprint density at radius 1 is 0.516 bits per heavy atom. The molecule has 8 nitrogen and oxygen atoms in total. The van der Waals surface area contributed by atoms with Crippen LogP contribution in [0.15, 0.2) is 106 Å². The van der Waals surface area contributed by atoms with Gasteiger partial charge in [-0.25, -0.2) is 0 Å². The molecule has 4 aromatic carbocycles. The molecule has 0 amide bonds. The van der Waals surface area contributed by atoms with Crippen molar-refractivity contribution in [1.82, 2.24) is 20.4 Å². The van der Waals surface area contributed by atoms with E-state index in [1.54, 1.807) is 12.1 Å². The summed E-state index contributed by atoms with van der Waals surface area (Å²) < 4.78 is 88.0. The molecule has 0 spiro atoms. The number of benzene rings is 4. The molecular formula is C48H54F6N4O4Si2. The van der Waals surface area contributed by atoms with E-state index >= 15 is 0 Å². The molecule has 0 fully saturated rings. The number of halogens is 6. The Bertz CT molecular complexity index is 2360. The van der Waals surface area contributed by atoms with Crippen LogP contribution in [0.1, 0.15) is 85.1 Å². The van der Waals surface area contributed by atoms with Crippen molar-refractivity contribution in [1.29, 1.82) is 0 Å². The molecule has 2 heterocycles. The Hall–Kier alpha value is -5.79. The zero-order chi connectivity index (χ0) is 45.3. The Morgan fingerprint density at radius 3 is 1.16 bits per heavy atom. The minimum absolute atomic E-state index is 0. The van der Waals surface area contributed by atoms with Crippen molar-refractivity contribution in [3.05, 3.63) is 142 Å². The fourth-order valence-electron chi connectivity index (χ4n) is 5.79. The summed E-state index contributed by atoms with van der Waals surface area (Å²) in [6.45, 7) is 12.7. The van der Waals surface area contributed by atoms with Crippen LogP contribution in [0.3, 0.4) is 0 Å². The summed E-state index contributed by atoms with van der Waals surface area (Å²) in [5, 5.41) is 36.6. The summed E-state index contributed by atoms with van der Waals surface area (Å²) in [4.78, 5) is 0. The zero-order valence-electron chi connectivity index (χ0n) is 35.0. The highest BCUT2D eigenvalue weighted by Crippen LogP contribution is 2.33. The van der Waals surface area contributed by atoms with Gasteiger partial charge in [-0.2, -0.15) is 26.3 Å². The van der Waals surface area contributed by atoms with E-state index < -0.39 is 51.8 Å². The van der Waals surface area contributed by atoms with E-state index in [0.29, 0.717) is 24.0 Å². The largest absolute Gasteiger partial charge is 0.418 e. The summed E-state index contributed by atoms with van der Waals surface area (Å²) in [6.07, 6.45) is -9.47. The topological polar surface area (TPSA) is 118 Å². The summed E-state index contributed by atoms with van der Waals surface area (Å²) >= 11 is 0. The number of nitrogens with zero attached hydrogens (tertiary/aromatic N) is 4. The van der Waals surface area contributed by atoms with Crippen LogP contribution in [-0.2, 0) is 25.2 Å². The zero-order valence-corrected chi connectivity index (χ0v) is 37.0. The molecular weight excluding hydrogens is 867 g/mol. The second-order valence-corrected chi connectivity index (χ2v) is 26.0. The van der Waals surface area contributed by atoms with Crippen LogP contribution in [0.2, 0.25) is 39.3 Å². The predicted molar refractivity (Wildman–Crippen MR) is 243 cm³/mol. The fraction of sp³-hybridized carbons (Fsp3) is 0.333. The summed E-state index contributed by atoms with van der Waals surface area (Å²) in [5.41, 5.74) is 9.43.